The molecule has 8 nitrogen and oxygen atoms in total. The van der Waals surface area contributed by atoms with Crippen LogP contribution in [0.2, 0.25) is 0 Å². The van der Waals surface area contributed by atoms with E-state index >= 15 is 0 Å². The SMILES string of the molecule is CCn1ncc(NC(=O)c2ccc(Cn3nc(C)cc3C)cc2)c1C(=O)N(C)C. The maximum Gasteiger partial charge on any atom is 0.273 e. The molecule has 152 valence electrons. The summed E-state index contributed by atoms with van der Waals surface area (Å²) >= 11 is 0. The lowest BCUT2D eigenvalue weighted by molar-refractivity contribution is 0.0816. The number of carbonyl (C=O) groups is 2. The van der Waals surface area contributed by atoms with Gasteiger partial charge in [0, 0.05) is 31.9 Å². The van der Waals surface area contributed by atoms with E-state index in [1.165, 1.54) is 11.1 Å². The molecule has 0 radical (unpaired) electrons. The largest absolute Gasteiger partial charge is 0.343 e. The Morgan fingerprint density at radius 3 is 2.34 bits per heavy atom. The second kappa shape index (κ2) is 8.30. The Morgan fingerprint density at radius 1 is 1.10 bits per heavy atom. The average molecular weight is 394 g/mol. The summed E-state index contributed by atoms with van der Waals surface area (Å²) in [5.74, 6) is -0.494. The zero-order chi connectivity index (χ0) is 21.1. The molecule has 0 unspecified atom stereocenters. The van der Waals surface area contributed by atoms with Gasteiger partial charge in [0.1, 0.15) is 5.69 Å². The van der Waals surface area contributed by atoms with Crippen LogP contribution in [0, 0.1) is 13.8 Å². The second-order valence-electron chi connectivity index (χ2n) is 7.16. The molecule has 0 atom stereocenters. The standard InChI is InChI=1S/C21H26N6O2/c1-6-26-19(21(29)25(4)5)18(12-22-26)23-20(28)17-9-7-16(8-10-17)13-27-15(3)11-14(2)24-27/h7-12H,6,13H2,1-5H3,(H,23,28). The normalized spacial score (nSPS) is 10.8. The van der Waals surface area contributed by atoms with Crippen LogP contribution >= 0.6 is 0 Å². The molecule has 0 bridgehead atoms. The van der Waals surface area contributed by atoms with Crippen LogP contribution in [0.25, 0.3) is 0 Å². The van der Waals surface area contributed by atoms with Gasteiger partial charge in [0.2, 0.25) is 0 Å². The van der Waals surface area contributed by atoms with E-state index in [1.807, 2.05) is 43.7 Å². The molecular formula is C21H26N6O2. The summed E-state index contributed by atoms with van der Waals surface area (Å²) in [5.41, 5.74) is 4.41. The average Bonchev–Trinajstić information content (AvgIpc) is 3.23. The van der Waals surface area contributed by atoms with Crippen LogP contribution < -0.4 is 5.32 Å². The summed E-state index contributed by atoms with van der Waals surface area (Å²) in [6, 6.07) is 9.40. The van der Waals surface area contributed by atoms with E-state index in [4.69, 9.17) is 0 Å². The number of nitrogens with one attached hydrogen (secondary N) is 1. The summed E-state index contributed by atoms with van der Waals surface area (Å²) in [7, 11) is 3.34. The van der Waals surface area contributed by atoms with Gasteiger partial charge in [-0.3, -0.25) is 19.0 Å². The fourth-order valence-corrected chi connectivity index (χ4v) is 3.12. The molecule has 0 saturated carbocycles. The lowest BCUT2D eigenvalue weighted by atomic mass is 10.1. The van der Waals surface area contributed by atoms with Crippen LogP contribution in [0.15, 0.2) is 36.5 Å². The van der Waals surface area contributed by atoms with Gasteiger partial charge in [-0.05, 0) is 44.5 Å². The Morgan fingerprint density at radius 2 is 1.79 bits per heavy atom. The van der Waals surface area contributed by atoms with Gasteiger partial charge in [-0.15, -0.1) is 0 Å². The number of hydrogen-bond donors (Lipinski definition) is 1. The van der Waals surface area contributed by atoms with Gasteiger partial charge in [0.25, 0.3) is 11.8 Å². The molecular weight excluding hydrogens is 368 g/mol. The highest BCUT2D eigenvalue weighted by molar-refractivity contribution is 6.08. The molecule has 3 rings (SSSR count). The first-order valence-electron chi connectivity index (χ1n) is 9.49. The van der Waals surface area contributed by atoms with Crippen molar-refractivity contribution in [3.05, 3.63) is 64.7 Å². The van der Waals surface area contributed by atoms with Crippen molar-refractivity contribution in [1.82, 2.24) is 24.5 Å². The van der Waals surface area contributed by atoms with Crippen molar-refractivity contribution in [1.29, 1.82) is 0 Å². The number of hydrogen-bond acceptors (Lipinski definition) is 4. The fraction of sp³-hybridized carbons (Fsp3) is 0.333. The first kappa shape index (κ1) is 20.3. The highest BCUT2D eigenvalue weighted by atomic mass is 16.2. The van der Waals surface area contributed by atoms with Gasteiger partial charge in [-0.2, -0.15) is 10.2 Å². The molecule has 0 aliphatic carbocycles. The van der Waals surface area contributed by atoms with E-state index in [0.717, 1.165) is 17.0 Å². The van der Waals surface area contributed by atoms with E-state index in [9.17, 15) is 9.59 Å². The molecule has 0 fully saturated rings. The van der Waals surface area contributed by atoms with Gasteiger partial charge < -0.3 is 10.2 Å². The maximum absolute atomic E-state index is 12.7. The van der Waals surface area contributed by atoms with Crippen molar-refractivity contribution in [2.24, 2.45) is 0 Å². The van der Waals surface area contributed by atoms with Crippen molar-refractivity contribution in [2.45, 2.75) is 33.9 Å². The highest BCUT2D eigenvalue weighted by Crippen LogP contribution is 2.18. The first-order valence-corrected chi connectivity index (χ1v) is 9.49. The lowest BCUT2D eigenvalue weighted by Crippen LogP contribution is -2.26. The number of aromatic nitrogens is 4. The summed E-state index contributed by atoms with van der Waals surface area (Å²) < 4.78 is 3.51. The zero-order valence-corrected chi connectivity index (χ0v) is 17.4. The minimum atomic E-state index is -0.286. The molecule has 1 aromatic carbocycles. The highest BCUT2D eigenvalue weighted by Gasteiger charge is 2.21. The molecule has 0 saturated heterocycles. The molecule has 29 heavy (non-hydrogen) atoms. The Labute approximate surface area is 170 Å². The van der Waals surface area contributed by atoms with Crippen molar-refractivity contribution < 1.29 is 9.59 Å². The minimum Gasteiger partial charge on any atom is -0.343 e. The van der Waals surface area contributed by atoms with Crippen LogP contribution in [0.3, 0.4) is 0 Å². The van der Waals surface area contributed by atoms with E-state index in [1.54, 1.807) is 30.9 Å². The van der Waals surface area contributed by atoms with E-state index in [-0.39, 0.29) is 11.8 Å². The Kier molecular flexibility index (Phi) is 5.81. The topological polar surface area (TPSA) is 85.0 Å². The predicted octanol–water partition coefficient (Wildman–Crippen LogP) is 2.72. The summed E-state index contributed by atoms with van der Waals surface area (Å²) in [5, 5.41) is 11.5. The first-order chi connectivity index (χ1) is 13.8. The Balaban J connectivity index is 1.76. The van der Waals surface area contributed by atoms with E-state index in [2.05, 4.69) is 15.5 Å². The lowest BCUT2D eigenvalue weighted by Gasteiger charge is -2.13. The van der Waals surface area contributed by atoms with Crippen molar-refractivity contribution in [3.63, 3.8) is 0 Å². The molecule has 3 aromatic rings. The zero-order valence-electron chi connectivity index (χ0n) is 17.4. The van der Waals surface area contributed by atoms with Crippen LogP contribution in [0.4, 0.5) is 5.69 Å². The molecule has 1 N–H and O–H groups in total. The van der Waals surface area contributed by atoms with Crippen LogP contribution in [-0.4, -0.2) is 50.4 Å². The molecule has 0 aliphatic heterocycles. The molecule has 8 heteroatoms. The summed E-state index contributed by atoms with van der Waals surface area (Å²) in [4.78, 5) is 26.6. The van der Waals surface area contributed by atoms with Crippen molar-refractivity contribution in [2.75, 3.05) is 19.4 Å². The fourth-order valence-electron chi connectivity index (χ4n) is 3.12. The third-order valence-corrected chi connectivity index (χ3v) is 4.65. The van der Waals surface area contributed by atoms with Gasteiger partial charge >= 0.3 is 0 Å². The summed E-state index contributed by atoms with van der Waals surface area (Å²) in [6.45, 7) is 7.06. The number of benzene rings is 1. The van der Waals surface area contributed by atoms with Crippen LogP contribution in [0.1, 0.15) is 44.7 Å². The number of nitrogens with zero attached hydrogens (tertiary/aromatic N) is 5. The number of anilines is 1. The third kappa shape index (κ3) is 4.37. The number of carbonyl (C=O) groups excluding carboxylic acids is 2. The quantitative estimate of drug-likeness (QED) is 0.697. The summed E-state index contributed by atoms with van der Waals surface area (Å²) in [6.07, 6.45) is 1.51. The van der Waals surface area contributed by atoms with Crippen LogP contribution in [0.5, 0.6) is 0 Å². The van der Waals surface area contributed by atoms with Crippen molar-refractivity contribution in [3.8, 4) is 0 Å². The maximum atomic E-state index is 12.7. The van der Waals surface area contributed by atoms with Gasteiger partial charge in [-0.25, -0.2) is 0 Å². The second-order valence-corrected chi connectivity index (χ2v) is 7.16. The third-order valence-electron chi connectivity index (χ3n) is 4.65. The smallest absolute Gasteiger partial charge is 0.273 e. The number of amides is 2. The Hall–Kier alpha value is -3.42. The monoisotopic (exact) mass is 394 g/mol. The van der Waals surface area contributed by atoms with Gasteiger partial charge in [0.05, 0.1) is 24.1 Å². The molecule has 0 spiro atoms. The molecule has 2 heterocycles. The van der Waals surface area contributed by atoms with Gasteiger partial charge in [0.15, 0.2) is 0 Å². The predicted molar refractivity (Wildman–Crippen MR) is 111 cm³/mol. The molecule has 2 amide bonds. The molecule has 0 aliphatic rings. The molecule has 2 aromatic heterocycles. The minimum absolute atomic E-state index is 0.208. The van der Waals surface area contributed by atoms with Crippen LogP contribution in [-0.2, 0) is 13.1 Å². The number of aryl methyl sites for hydroxylation is 3. The van der Waals surface area contributed by atoms with Gasteiger partial charge in [-0.1, -0.05) is 12.1 Å². The van der Waals surface area contributed by atoms with Crippen molar-refractivity contribution >= 4 is 17.5 Å². The van der Waals surface area contributed by atoms with E-state index < -0.39 is 0 Å². The number of rotatable bonds is 6. The Bertz CT molecular complexity index is 1030. The van der Waals surface area contributed by atoms with E-state index in [0.29, 0.717) is 30.0 Å².